The van der Waals surface area contributed by atoms with Crippen molar-refractivity contribution in [3.8, 4) is 10.6 Å². The van der Waals surface area contributed by atoms with Crippen molar-refractivity contribution >= 4 is 33.0 Å². The number of carbonyl (C=O) groups excluding carboxylic acids is 2. The molecule has 0 atom stereocenters. The van der Waals surface area contributed by atoms with E-state index in [0.717, 1.165) is 11.1 Å². The predicted molar refractivity (Wildman–Crippen MR) is 116 cm³/mol. The van der Waals surface area contributed by atoms with Crippen molar-refractivity contribution in [2.45, 2.75) is 18.2 Å². The van der Waals surface area contributed by atoms with E-state index >= 15 is 0 Å². The third kappa shape index (κ3) is 4.49. The summed E-state index contributed by atoms with van der Waals surface area (Å²) in [5.41, 5.74) is 1.94. The van der Waals surface area contributed by atoms with Crippen molar-refractivity contribution in [3.63, 3.8) is 0 Å². The number of hydrazine groups is 1. The van der Waals surface area contributed by atoms with Gasteiger partial charge in [0, 0.05) is 36.4 Å². The SMILES string of the molecule is Cc1ccc(S(=O)(=O)CC(=O)N2CCCN2C(=O)c2csc(-c3cccnc3)n2)cc1. The van der Waals surface area contributed by atoms with Crippen LogP contribution in [0.25, 0.3) is 10.6 Å². The standard InChI is InChI=1S/C21H20N4O4S2/c1-15-5-7-17(8-6-15)31(28,29)14-19(26)24-10-3-11-25(24)21(27)18-13-30-20(23-18)16-4-2-9-22-12-16/h2,4-9,12-13H,3,10-11,14H2,1H3. The lowest BCUT2D eigenvalue weighted by atomic mass is 10.2. The summed E-state index contributed by atoms with van der Waals surface area (Å²) >= 11 is 1.31. The molecule has 0 unspecified atom stereocenters. The summed E-state index contributed by atoms with van der Waals surface area (Å²) in [6.45, 7) is 2.47. The highest BCUT2D eigenvalue weighted by Gasteiger charge is 2.34. The van der Waals surface area contributed by atoms with Crippen LogP contribution in [-0.4, -0.2) is 59.1 Å². The van der Waals surface area contributed by atoms with Gasteiger partial charge in [-0.25, -0.2) is 18.4 Å². The monoisotopic (exact) mass is 456 g/mol. The molecule has 1 saturated heterocycles. The number of aromatic nitrogens is 2. The summed E-state index contributed by atoms with van der Waals surface area (Å²) < 4.78 is 25.3. The molecule has 10 heteroatoms. The second kappa shape index (κ2) is 8.56. The first-order valence-corrected chi connectivity index (χ1v) is 12.2. The van der Waals surface area contributed by atoms with Gasteiger partial charge in [-0.1, -0.05) is 17.7 Å². The average Bonchev–Trinajstić information content (AvgIpc) is 3.44. The highest BCUT2D eigenvalue weighted by Crippen LogP contribution is 2.25. The Balaban J connectivity index is 1.50. The van der Waals surface area contributed by atoms with Gasteiger partial charge in [-0.2, -0.15) is 0 Å². The van der Waals surface area contributed by atoms with Crippen molar-refractivity contribution < 1.29 is 18.0 Å². The van der Waals surface area contributed by atoms with Gasteiger partial charge >= 0.3 is 0 Å². The Kier molecular flexibility index (Phi) is 5.84. The number of pyridine rings is 1. The molecule has 31 heavy (non-hydrogen) atoms. The fraction of sp³-hybridized carbons (Fsp3) is 0.238. The summed E-state index contributed by atoms with van der Waals surface area (Å²) in [7, 11) is -3.81. The number of hydrogen-bond donors (Lipinski definition) is 0. The lowest BCUT2D eigenvalue weighted by Gasteiger charge is -2.27. The summed E-state index contributed by atoms with van der Waals surface area (Å²) in [5, 5.41) is 4.79. The van der Waals surface area contributed by atoms with Gasteiger partial charge in [-0.05, 0) is 37.6 Å². The van der Waals surface area contributed by atoms with Gasteiger partial charge in [0.2, 0.25) is 0 Å². The third-order valence-electron chi connectivity index (χ3n) is 4.88. The van der Waals surface area contributed by atoms with Gasteiger partial charge in [0.1, 0.15) is 16.5 Å². The fourth-order valence-electron chi connectivity index (χ4n) is 3.27. The quantitative estimate of drug-likeness (QED) is 0.585. The summed E-state index contributed by atoms with van der Waals surface area (Å²) in [6.07, 6.45) is 3.89. The second-order valence-corrected chi connectivity index (χ2v) is 10.00. The summed E-state index contributed by atoms with van der Waals surface area (Å²) in [5.74, 6) is -1.75. The number of benzene rings is 1. The molecule has 4 rings (SSSR count). The molecule has 0 bridgehead atoms. The van der Waals surface area contributed by atoms with E-state index in [0.29, 0.717) is 18.0 Å². The maximum absolute atomic E-state index is 13.0. The zero-order valence-corrected chi connectivity index (χ0v) is 18.4. The maximum Gasteiger partial charge on any atom is 0.291 e. The molecule has 0 aliphatic carbocycles. The summed E-state index contributed by atoms with van der Waals surface area (Å²) in [6, 6.07) is 9.98. The van der Waals surface area contributed by atoms with Gasteiger partial charge in [-0.15, -0.1) is 11.3 Å². The third-order valence-corrected chi connectivity index (χ3v) is 7.39. The number of amides is 2. The Hall–Kier alpha value is -3.11. The van der Waals surface area contributed by atoms with Crippen molar-refractivity contribution in [2.24, 2.45) is 0 Å². The molecule has 0 N–H and O–H groups in total. The number of carbonyl (C=O) groups is 2. The van der Waals surface area contributed by atoms with E-state index in [1.54, 1.807) is 36.0 Å². The number of aryl methyl sites for hydroxylation is 1. The second-order valence-electron chi connectivity index (χ2n) is 7.15. The molecular formula is C21H20N4O4S2. The van der Waals surface area contributed by atoms with Crippen molar-refractivity contribution in [1.82, 2.24) is 20.0 Å². The molecule has 1 aliphatic heterocycles. The van der Waals surface area contributed by atoms with Gasteiger partial charge < -0.3 is 0 Å². The molecule has 2 aromatic heterocycles. The van der Waals surface area contributed by atoms with E-state index in [9.17, 15) is 18.0 Å². The van der Waals surface area contributed by atoms with Crippen LogP contribution in [0.1, 0.15) is 22.5 Å². The molecule has 160 valence electrons. The first-order valence-electron chi connectivity index (χ1n) is 9.63. The smallest absolute Gasteiger partial charge is 0.272 e. The first kappa shape index (κ1) is 21.1. The molecule has 2 amide bonds. The largest absolute Gasteiger partial charge is 0.291 e. The molecule has 3 aromatic rings. The molecule has 0 spiro atoms. The number of thiazole rings is 1. The van der Waals surface area contributed by atoms with E-state index in [-0.39, 0.29) is 17.1 Å². The number of sulfone groups is 1. The first-order chi connectivity index (χ1) is 14.8. The van der Waals surface area contributed by atoms with Gasteiger partial charge in [0.25, 0.3) is 11.8 Å². The van der Waals surface area contributed by atoms with Gasteiger partial charge in [-0.3, -0.25) is 19.6 Å². The van der Waals surface area contributed by atoms with E-state index in [1.165, 1.54) is 33.5 Å². The Morgan fingerprint density at radius 1 is 1.10 bits per heavy atom. The van der Waals surface area contributed by atoms with Crippen LogP contribution < -0.4 is 0 Å². The van der Waals surface area contributed by atoms with Crippen LogP contribution >= 0.6 is 11.3 Å². The molecule has 0 radical (unpaired) electrons. The Bertz CT molecular complexity index is 1210. The molecular weight excluding hydrogens is 436 g/mol. The lowest BCUT2D eigenvalue weighted by Crippen LogP contribution is -2.47. The zero-order valence-electron chi connectivity index (χ0n) is 16.8. The molecule has 8 nitrogen and oxygen atoms in total. The van der Waals surface area contributed by atoms with Crippen LogP contribution in [0.4, 0.5) is 0 Å². The molecule has 3 heterocycles. The highest BCUT2D eigenvalue weighted by atomic mass is 32.2. The Morgan fingerprint density at radius 3 is 2.55 bits per heavy atom. The van der Waals surface area contributed by atoms with E-state index in [1.807, 2.05) is 13.0 Å². The van der Waals surface area contributed by atoms with E-state index < -0.39 is 27.4 Å². The molecule has 1 fully saturated rings. The predicted octanol–water partition coefficient (Wildman–Crippen LogP) is 2.58. The molecule has 1 aliphatic rings. The van der Waals surface area contributed by atoms with Crippen LogP contribution in [0.2, 0.25) is 0 Å². The van der Waals surface area contributed by atoms with Crippen molar-refractivity contribution in [1.29, 1.82) is 0 Å². The number of rotatable bonds is 5. The minimum atomic E-state index is -3.81. The van der Waals surface area contributed by atoms with Crippen molar-refractivity contribution in [2.75, 3.05) is 18.8 Å². The fourth-order valence-corrected chi connectivity index (χ4v) is 5.25. The maximum atomic E-state index is 13.0. The minimum Gasteiger partial charge on any atom is -0.272 e. The van der Waals surface area contributed by atoms with Crippen LogP contribution in [-0.2, 0) is 14.6 Å². The van der Waals surface area contributed by atoms with Crippen LogP contribution in [0.5, 0.6) is 0 Å². The lowest BCUT2D eigenvalue weighted by molar-refractivity contribution is -0.137. The van der Waals surface area contributed by atoms with E-state index in [2.05, 4.69) is 9.97 Å². The Morgan fingerprint density at radius 2 is 1.84 bits per heavy atom. The number of hydrogen-bond acceptors (Lipinski definition) is 7. The summed E-state index contributed by atoms with van der Waals surface area (Å²) in [4.78, 5) is 34.3. The van der Waals surface area contributed by atoms with E-state index in [4.69, 9.17) is 0 Å². The highest BCUT2D eigenvalue weighted by molar-refractivity contribution is 7.92. The molecule has 0 saturated carbocycles. The van der Waals surface area contributed by atoms with Crippen LogP contribution in [0.15, 0.2) is 59.1 Å². The van der Waals surface area contributed by atoms with Gasteiger partial charge in [0.15, 0.2) is 9.84 Å². The number of nitrogens with zero attached hydrogens (tertiary/aromatic N) is 4. The van der Waals surface area contributed by atoms with Crippen LogP contribution in [0.3, 0.4) is 0 Å². The molecule has 1 aromatic carbocycles. The van der Waals surface area contributed by atoms with Gasteiger partial charge in [0.05, 0.1) is 4.90 Å². The normalized spacial score (nSPS) is 14.1. The van der Waals surface area contributed by atoms with Crippen LogP contribution in [0, 0.1) is 6.92 Å². The average molecular weight is 457 g/mol. The minimum absolute atomic E-state index is 0.0872. The zero-order chi connectivity index (χ0) is 22.0. The Labute approximate surface area is 184 Å². The topological polar surface area (TPSA) is 101 Å². The van der Waals surface area contributed by atoms with Crippen molar-refractivity contribution in [3.05, 3.63) is 65.4 Å².